The van der Waals surface area contributed by atoms with Gasteiger partial charge in [0.15, 0.2) is 0 Å². The second-order valence-corrected chi connectivity index (χ2v) is 5.16. The number of aliphatic hydroxyl groups is 1. The molecule has 2 atom stereocenters. The zero-order valence-electron chi connectivity index (χ0n) is 12.9. The Labute approximate surface area is 132 Å². The molecule has 0 aliphatic rings. The SMILES string of the molecule is C=CC[C@@H](N[C@@H](CO)c1ccccc1)c1ccc(OC)cc1. The summed E-state index contributed by atoms with van der Waals surface area (Å²) in [7, 11) is 1.66. The number of methoxy groups -OCH3 is 1. The Morgan fingerprint density at radius 3 is 2.23 bits per heavy atom. The Morgan fingerprint density at radius 1 is 1.05 bits per heavy atom. The van der Waals surface area contributed by atoms with E-state index in [2.05, 4.69) is 11.9 Å². The Morgan fingerprint density at radius 2 is 1.68 bits per heavy atom. The minimum absolute atomic E-state index is 0.0494. The summed E-state index contributed by atoms with van der Waals surface area (Å²) in [5.41, 5.74) is 2.22. The molecule has 3 heteroatoms. The van der Waals surface area contributed by atoms with Crippen LogP contribution in [0.1, 0.15) is 29.6 Å². The normalized spacial score (nSPS) is 13.4. The standard InChI is InChI=1S/C19H23NO2/c1-3-7-18(16-10-12-17(22-2)13-11-16)20-19(14-21)15-8-5-4-6-9-15/h3-6,8-13,18-21H,1,7,14H2,2H3/t18-,19+/m1/s1. The van der Waals surface area contributed by atoms with Crippen LogP contribution >= 0.6 is 0 Å². The largest absolute Gasteiger partial charge is 0.497 e. The fourth-order valence-electron chi connectivity index (χ4n) is 2.49. The predicted octanol–water partition coefficient (Wildman–Crippen LogP) is 3.64. The molecule has 0 amide bonds. The molecule has 0 aliphatic heterocycles. The third-order valence-electron chi connectivity index (χ3n) is 3.71. The quantitative estimate of drug-likeness (QED) is 0.731. The second kappa shape index (κ2) is 8.37. The van der Waals surface area contributed by atoms with Gasteiger partial charge in [-0.1, -0.05) is 48.5 Å². The van der Waals surface area contributed by atoms with Crippen LogP contribution in [0.25, 0.3) is 0 Å². The van der Waals surface area contributed by atoms with E-state index in [0.29, 0.717) is 0 Å². The monoisotopic (exact) mass is 297 g/mol. The van der Waals surface area contributed by atoms with Crippen molar-refractivity contribution in [3.8, 4) is 5.75 Å². The summed E-state index contributed by atoms with van der Waals surface area (Å²) in [5, 5.41) is 13.2. The summed E-state index contributed by atoms with van der Waals surface area (Å²) >= 11 is 0. The molecule has 0 aromatic heterocycles. The van der Waals surface area contributed by atoms with Crippen LogP contribution in [0.15, 0.2) is 67.3 Å². The highest BCUT2D eigenvalue weighted by molar-refractivity contribution is 5.30. The third kappa shape index (κ3) is 4.20. The highest BCUT2D eigenvalue weighted by atomic mass is 16.5. The van der Waals surface area contributed by atoms with Crippen molar-refractivity contribution in [2.24, 2.45) is 0 Å². The first kappa shape index (κ1) is 16.3. The molecule has 0 unspecified atom stereocenters. The molecule has 2 aromatic rings. The molecule has 0 fully saturated rings. The molecular formula is C19H23NO2. The number of nitrogens with one attached hydrogen (secondary N) is 1. The number of benzene rings is 2. The molecular weight excluding hydrogens is 274 g/mol. The van der Waals surface area contributed by atoms with E-state index < -0.39 is 0 Å². The molecule has 2 N–H and O–H groups in total. The van der Waals surface area contributed by atoms with Crippen LogP contribution in [0, 0.1) is 0 Å². The maximum atomic E-state index is 9.72. The molecule has 116 valence electrons. The minimum atomic E-state index is -0.103. The summed E-state index contributed by atoms with van der Waals surface area (Å²) < 4.78 is 5.20. The first-order chi connectivity index (χ1) is 10.8. The molecule has 3 nitrogen and oxygen atoms in total. The van der Waals surface area contributed by atoms with Crippen molar-refractivity contribution in [3.05, 3.63) is 78.4 Å². The lowest BCUT2D eigenvalue weighted by Crippen LogP contribution is -2.28. The lowest BCUT2D eigenvalue weighted by Gasteiger charge is -2.25. The number of aliphatic hydroxyl groups excluding tert-OH is 1. The van der Waals surface area contributed by atoms with Crippen molar-refractivity contribution in [1.29, 1.82) is 0 Å². The van der Waals surface area contributed by atoms with Crippen molar-refractivity contribution in [3.63, 3.8) is 0 Å². The summed E-state index contributed by atoms with van der Waals surface area (Å²) in [6.45, 7) is 3.89. The Hall–Kier alpha value is -2.10. The van der Waals surface area contributed by atoms with E-state index in [1.165, 1.54) is 0 Å². The molecule has 0 saturated carbocycles. The van der Waals surface area contributed by atoms with Gasteiger partial charge in [-0.3, -0.25) is 0 Å². The molecule has 0 spiro atoms. The number of ether oxygens (including phenoxy) is 1. The van der Waals surface area contributed by atoms with E-state index in [-0.39, 0.29) is 18.7 Å². The molecule has 0 saturated heterocycles. The van der Waals surface area contributed by atoms with Crippen LogP contribution in [0.4, 0.5) is 0 Å². The first-order valence-electron chi connectivity index (χ1n) is 7.45. The summed E-state index contributed by atoms with van der Waals surface area (Å²) in [6.07, 6.45) is 2.68. The van der Waals surface area contributed by atoms with Gasteiger partial charge in [0.25, 0.3) is 0 Å². The zero-order valence-corrected chi connectivity index (χ0v) is 12.9. The van der Waals surface area contributed by atoms with Crippen LogP contribution in [0.3, 0.4) is 0 Å². The fraction of sp³-hybridized carbons (Fsp3) is 0.263. The van der Waals surface area contributed by atoms with E-state index in [4.69, 9.17) is 4.74 Å². The minimum Gasteiger partial charge on any atom is -0.497 e. The van der Waals surface area contributed by atoms with Gasteiger partial charge in [0.2, 0.25) is 0 Å². The number of hydrogen-bond donors (Lipinski definition) is 2. The van der Waals surface area contributed by atoms with Gasteiger partial charge in [-0.2, -0.15) is 0 Å². The van der Waals surface area contributed by atoms with Gasteiger partial charge in [0, 0.05) is 6.04 Å². The van der Waals surface area contributed by atoms with Gasteiger partial charge in [0.1, 0.15) is 5.75 Å². The van der Waals surface area contributed by atoms with E-state index in [9.17, 15) is 5.11 Å². The molecule has 0 bridgehead atoms. The van der Waals surface area contributed by atoms with E-state index in [1.54, 1.807) is 7.11 Å². The van der Waals surface area contributed by atoms with Crippen LogP contribution in [0.5, 0.6) is 5.75 Å². The van der Waals surface area contributed by atoms with Gasteiger partial charge >= 0.3 is 0 Å². The Balaban J connectivity index is 2.17. The molecule has 2 aromatic carbocycles. The Kier molecular flexibility index (Phi) is 6.19. The van der Waals surface area contributed by atoms with Crippen molar-refractivity contribution in [2.45, 2.75) is 18.5 Å². The molecule has 2 rings (SSSR count). The van der Waals surface area contributed by atoms with Crippen LogP contribution in [0.2, 0.25) is 0 Å². The van der Waals surface area contributed by atoms with Crippen molar-refractivity contribution < 1.29 is 9.84 Å². The summed E-state index contributed by atoms with van der Waals surface area (Å²) in [6, 6.07) is 18.0. The summed E-state index contributed by atoms with van der Waals surface area (Å²) in [5.74, 6) is 0.836. The van der Waals surface area contributed by atoms with E-state index in [0.717, 1.165) is 23.3 Å². The lowest BCUT2D eigenvalue weighted by atomic mass is 10.00. The Bertz CT molecular complexity index is 566. The van der Waals surface area contributed by atoms with Gasteiger partial charge in [0.05, 0.1) is 19.8 Å². The number of hydrogen-bond acceptors (Lipinski definition) is 3. The lowest BCUT2D eigenvalue weighted by molar-refractivity contribution is 0.233. The fourth-order valence-corrected chi connectivity index (χ4v) is 2.49. The highest BCUT2D eigenvalue weighted by Crippen LogP contribution is 2.24. The van der Waals surface area contributed by atoms with Gasteiger partial charge < -0.3 is 15.2 Å². The van der Waals surface area contributed by atoms with Crippen molar-refractivity contribution in [2.75, 3.05) is 13.7 Å². The maximum absolute atomic E-state index is 9.72. The summed E-state index contributed by atoms with van der Waals surface area (Å²) in [4.78, 5) is 0. The average Bonchev–Trinajstić information content (AvgIpc) is 2.59. The second-order valence-electron chi connectivity index (χ2n) is 5.16. The average molecular weight is 297 g/mol. The van der Waals surface area contributed by atoms with Crippen LogP contribution < -0.4 is 10.1 Å². The smallest absolute Gasteiger partial charge is 0.118 e. The van der Waals surface area contributed by atoms with Gasteiger partial charge in [-0.05, 0) is 29.7 Å². The van der Waals surface area contributed by atoms with Gasteiger partial charge in [-0.15, -0.1) is 6.58 Å². The zero-order chi connectivity index (χ0) is 15.8. The number of rotatable bonds is 8. The van der Waals surface area contributed by atoms with E-state index in [1.807, 2.05) is 60.7 Å². The van der Waals surface area contributed by atoms with Crippen molar-refractivity contribution >= 4 is 0 Å². The van der Waals surface area contributed by atoms with Crippen LogP contribution in [-0.4, -0.2) is 18.8 Å². The molecule has 0 radical (unpaired) electrons. The first-order valence-corrected chi connectivity index (χ1v) is 7.45. The molecule has 22 heavy (non-hydrogen) atoms. The third-order valence-corrected chi connectivity index (χ3v) is 3.71. The topological polar surface area (TPSA) is 41.5 Å². The maximum Gasteiger partial charge on any atom is 0.118 e. The van der Waals surface area contributed by atoms with Crippen molar-refractivity contribution in [1.82, 2.24) is 5.32 Å². The van der Waals surface area contributed by atoms with Gasteiger partial charge in [-0.25, -0.2) is 0 Å². The highest BCUT2D eigenvalue weighted by Gasteiger charge is 2.17. The molecule has 0 heterocycles. The predicted molar refractivity (Wildman–Crippen MR) is 90.0 cm³/mol. The van der Waals surface area contributed by atoms with Crippen LogP contribution in [-0.2, 0) is 0 Å². The van der Waals surface area contributed by atoms with E-state index >= 15 is 0 Å². The molecule has 0 aliphatic carbocycles.